The molecule has 0 radical (unpaired) electrons. The van der Waals surface area contributed by atoms with E-state index in [2.05, 4.69) is 31.2 Å². The molecule has 2 bridgehead atoms. The van der Waals surface area contributed by atoms with Gasteiger partial charge < -0.3 is 10.1 Å². The van der Waals surface area contributed by atoms with Crippen LogP contribution < -0.4 is 5.32 Å². The Bertz CT molecular complexity index is 1020. The number of rotatable bonds is 4. The Morgan fingerprint density at radius 3 is 2.96 bits per heavy atom. The molecule has 2 fully saturated rings. The highest BCUT2D eigenvalue weighted by molar-refractivity contribution is 7.15. The lowest BCUT2D eigenvalue weighted by molar-refractivity contribution is -0.118. The Balaban J connectivity index is 1.33. The molecule has 2 aliphatic rings. The third-order valence-corrected chi connectivity index (χ3v) is 6.06. The zero-order valence-corrected chi connectivity index (χ0v) is 15.7. The minimum absolute atomic E-state index is 0.0448. The van der Waals surface area contributed by atoms with E-state index in [1.165, 1.54) is 0 Å². The average Bonchev–Trinajstić information content (AvgIpc) is 3.38. The summed E-state index contributed by atoms with van der Waals surface area (Å²) in [4.78, 5) is 28.8. The van der Waals surface area contributed by atoms with Crippen molar-refractivity contribution in [2.24, 2.45) is 0 Å². The molecule has 5 rings (SSSR count). The summed E-state index contributed by atoms with van der Waals surface area (Å²) in [6.07, 6.45) is 6.71. The second kappa shape index (κ2) is 6.63. The van der Waals surface area contributed by atoms with Crippen LogP contribution in [0.15, 0.2) is 30.7 Å². The second-order valence-electron chi connectivity index (χ2n) is 7.05. The van der Waals surface area contributed by atoms with Gasteiger partial charge in [0.1, 0.15) is 5.82 Å². The van der Waals surface area contributed by atoms with Crippen molar-refractivity contribution in [3.8, 4) is 10.4 Å². The molecule has 7 nitrogen and oxygen atoms in total. The average molecular weight is 381 g/mol. The van der Waals surface area contributed by atoms with Gasteiger partial charge in [-0.1, -0.05) is 0 Å². The monoisotopic (exact) mass is 381 g/mol. The molecule has 0 saturated carbocycles. The highest BCUT2D eigenvalue weighted by atomic mass is 32.1. The number of thiazole rings is 1. The number of hydrogen-bond acceptors (Lipinski definition) is 7. The van der Waals surface area contributed by atoms with Crippen molar-refractivity contribution < 1.29 is 9.53 Å². The molecule has 0 aromatic carbocycles. The molecule has 0 spiro atoms. The van der Waals surface area contributed by atoms with Crippen molar-refractivity contribution in [2.75, 3.05) is 25.0 Å². The van der Waals surface area contributed by atoms with Crippen LogP contribution in [0.1, 0.15) is 11.4 Å². The van der Waals surface area contributed by atoms with Crippen LogP contribution in [0.4, 0.5) is 5.82 Å². The summed E-state index contributed by atoms with van der Waals surface area (Å²) in [6, 6.07) is 4.31. The molecule has 138 valence electrons. The van der Waals surface area contributed by atoms with Crippen LogP contribution in [-0.2, 0) is 9.53 Å². The molecule has 8 heteroatoms. The van der Waals surface area contributed by atoms with Gasteiger partial charge in [0, 0.05) is 35.9 Å². The molecule has 2 aliphatic heterocycles. The molecule has 0 aliphatic carbocycles. The van der Waals surface area contributed by atoms with Gasteiger partial charge in [0.2, 0.25) is 5.91 Å². The van der Waals surface area contributed by atoms with Crippen molar-refractivity contribution in [1.82, 2.24) is 19.9 Å². The Morgan fingerprint density at radius 1 is 1.30 bits per heavy atom. The first-order valence-electron chi connectivity index (χ1n) is 8.98. The number of aryl methyl sites for hydroxylation is 1. The van der Waals surface area contributed by atoms with Gasteiger partial charge in [-0.15, -0.1) is 11.3 Å². The maximum atomic E-state index is 12.4. The van der Waals surface area contributed by atoms with Gasteiger partial charge in [0.25, 0.3) is 0 Å². The van der Waals surface area contributed by atoms with E-state index in [0.717, 1.165) is 45.9 Å². The number of pyridine rings is 2. The van der Waals surface area contributed by atoms with E-state index in [1.807, 2.05) is 25.4 Å². The summed E-state index contributed by atoms with van der Waals surface area (Å²) in [5.74, 6) is 0.504. The predicted octanol–water partition coefficient (Wildman–Crippen LogP) is 2.47. The molecule has 2 saturated heterocycles. The van der Waals surface area contributed by atoms with Crippen LogP contribution in [0.25, 0.3) is 21.3 Å². The number of nitrogens with zero attached hydrogens (tertiary/aromatic N) is 4. The number of hydrogen-bond donors (Lipinski definition) is 1. The normalized spacial score (nSPS) is 21.8. The van der Waals surface area contributed by atoms with Crippen molar-refractivity contribution in [3.63, 3.8) is 0 Å². The lowest BCUT2D eigenvalue weighted by Crippen LogP contribution is -2.41. The number of fused-ring (bicyclic) bond motifs is 3. The van der Waals surface area contributed by atoms with Gasteiger partial charge in [0.05, 0.1) is 40.9 Å². The van der Waals surface area contributed by atoms with E-state index in [1.54, 1.807) is 17.5 Å². The number of morpholine rings is 1. The summed E-state index contributed by atoms with van der Waals surface area (Å²) in [5.41, 5.74) is 1.82. The third-order valence-electron chi connectivity index (χ3n) is 5.10. The summed E-state index contributed by atoms with van der Waals surface area (Å²) < 4.78 is 5.58. The largest absolute Gasteiger partial charge is 0.375 e. The lowest BCUT2D eigenvalue weighted by Gasteiger charge is -2.25. The van der Waals surface area contributed by atoms with Crippen LogP contribution in [0.5, 0.6) is 0 Å². The molecule has 5 heterocycles. The van der Waals surface area contributed by atoms with Gasteiger partial charge in [-0.25, -0.2) is 9.97 Å². The number of carbonyl (C=O) groups excluding carboxylic acids is 1. The number of carbonyl (C=O) groups is 1. The van der Waals surface area contributed by atoms with Gasteiger partial charge in [0.15, 0.2) is 0 Å². The summed E-state index contributed by atoms with van der Waals surface area (Å²) in [7, 11) is 0. The zero-order valence-electron chi connectivity index (χ0n) is 14.9. The third kappa shape index (κ3) is 3.31. The van der Waals surface area contributed by atoms with E-state index < -0.39 is 0 Å². The Hall–Kier alpha value is -2.42. The minimum Gasteiger partial charge on any atom is -0.375 e. The lowest BCUT2D eigenvalue weighted by atomic mass is 10.2. The Morgan fingerprint density at radius 2 is 2.22 bits per heavy atom. The number of aromatic nitrogens is 3. The van der Waals surface area contributed by atoms with Crippen molar-refractivity contribution in [2.45, 2.75) is 25.5 Å². The van der Waals surface area contributed by atoms with E-state index in [9.17, 15) is 4.79 Å². The zero-order chi connectivity index (χ0) is 18.4. The molecule has 0 unspecified atom stereocenters. The number of nitrogens with one attached hydrogen (secondary N) is 1. The van der Waals surface area contributed by atoms with Gasteiger partial charge in [-0.2, -0.15) is 0 Å². The quantitative estimate of drug-likeness (QED) is 0.748. The highest BCUT2D eigenvalue weighted by Gasteiger charge is 2.39. The predicted molar refractivity (Wildman–Crippen MR) is 104 cm³/mol. The Kier molecular flexibility index (Phi) is 4.11. The standard InChI is InChI=1S/C19H19N5O2S/c1-11-20-7-17(27-11)13-2-12-3-18(22-6-16(12)21-5-13)23-19(25)9-24-8-15-4-14(24)10-26-15/h2-3,5-7,14-15H,4,8-10H2,1H3,(H,22,23,25)/t14-,15-/m1/s1. The Labute approximate surface area is 160 Å². The maximum absolute atomic E-state index is 12.4. The minimum atomic E-state index is -0.0448. The van der Waals surface area contributed by atoms with Crippen molar-refractivity contribution in [3.05, 3.63) is 35.7 Å². The van der Waals surface area contributed by atoms with Crippen molar-refractivity contribution in [1.29, 1.82) is 0 Å². The first-order chi connectivity index (χ1) is 13.1. The molecule has 27 heavy (non-hydrogen) atoms. The number of anilines is 1. The van der Waals surface area contributed by atoms with Crippen LogP contribution in [-0.4, -0.2) is 57.6 Å². The topological polar surface area (TPSA) is 80.2 Å². The summed E-state index contributed by atoms with van der Waals surface area (Å²) in [6.45, 7) is 3.93. The SMILES string of the molecule is Cc1ncc(-c2cnc3cnc(NC(=O)CN4C[C@H]5C[C@@H]4CO5)cc3c2)s1. The number of likely N-dealkylation sites (tertiary alicyclic amines) is 1. The fourth-order valence-electron chi connectivity index (χ4n) is 3.77. The summed E-state index contributed by atoms with van der Waals surface area (Å²) >= 11 is 1.64. The molecule has 1 amide bonds. The fourth-order valence-corrected chi connectivity index (χ4v) is 4.53. The summed E-state index contributed by atoms with van der Waals surface area (Å²) in [5, 5.41) is 4.88. The van der Waals surface area contributed by atoms with Crippen LogP contribution >= 0.6 is 11.3 Å². The van der Waals surface area contributed by atoms with E-state index in [0.29, 0.717) is 24.5 Å². The van der Waals surface area contributed by atoms with Gasteiger partial charge >= 0.3 is 0 Å². The molecule has 3 aromatic heterocycles. The molecular formula is C19H19N5O2S. The molecule has 1 N–H and O–H groups in total. The first-order valence-corrected chi connectivity index (χ1v) is 9.80. The van der Waals surface area contributed by atoms with E-state index in [4.69, 9.17) is 4.74 Å². The van der Waals surface area contributed by atoms with Gasteiger partial charge in [-0.05, 0) is 25.5 Å². The highest BCUT2D eigenvalue weighted by Crippen LogP contribution is 2.29. The molecule has 2 atom stereocenters. The van der Waals surface area contributed by atoms with Gasteiger partial charge in [-0.3, -0.25) is 14.7 Å². The fraction of sp³-hybridized carbons (Fsp3) is 0.368. The first kappa shape index (κ1) is 16.7. The van der Waals surface area contributed by atoms with E-state index in [-0.39, 0.29) is 5.91 Å². The number of amides is 1. The van der Waals surface area contributed by atoms with Crippen LogP contribution in [0.2, 0.25) is 0 Å². The van der Waals surface area contributed by atoms with Crippen LogP contribution in [0, 0.1) is 6.92 Å². The maximum Gasteiger partial charge on any atom is 0.239 e. The molecule has 3 aromatic rings. The second-order valence-corrected chi connectivity index (χ2v) is 8.29. The smallest absolute Gasteiger partial charge is 0.239 e. The van der Waals surface area contributed by atoms with E-state index >= 15 is 0 Å². The van der Waals surface area contributed by atoms with Crippen molar-refractivity contribution >= 4 is 34.0 Å². The number of ether oxygens (including phenoxy) is 1. The van der Waals surface area contributed by atoms with Crippen LogP contribution in [0.3, 0.4) is 0 Å². The molecular weight excluding hydrogens is 362 g/mol.